The van der Waals surface area contributed by atoms with Gasteiger partial charge >= 0.3 is 23.9 Å². The van der Waals surface area contributed by atoms with Gasteiger partial charge in [0.2, 0.25) is 12.4 Å². The van der Waals surface area contributed by atoms with Crippen LogP contribution in [0.15, 0.2) is 53.4 Å². The maximum absolute atomic E-state index is 12.2. The van der Waals surface area contributed by atoms with Gasteiger partial charge in [0.05, 0.1) is 4.90 Å². The third kappa shape index (κ3) is 8.26. The molecule has 1 heterocycles. The number of hydrogen-bond donors (Lipinski definition) is 0. The highest BCUT2D eigenvalue weighted by Crippen LogP contribution is 2.32. The summed E-state index contributed by atoms with van der Waals surface area (Å²) in [5.74, 6) is -4.10. The minimum atomic E-state index is -3.38. The molecule has 1 fully saturated rings. The Balaban J connectivity index is 1.96. The topological polar surface area (TPSA) is 158 Å². The van der Waals surface area contributed by atoms with Crippen LogP contribution in [-0.4, -0.2) is 75.9 Å². The van der Waals surface area contributed by atoms with Gasteiger partial charge in [-0.2, -0.15) is 0 Å². The van der Waals surface area contributed by atoms with E-state index in [0.717, 1.165) is 6.26 Å². The van der Waals surface area contributed by atoms with Crippen LogP contribution in [0.5, 0.6) is 5.75 Å². The minimum Gasteiger partial charge on any atom is -0.463 e. The molecule has 0 spiro atoms. The zero-order chi connectivity index (χ0) is 32.4. The van der Waals surface area contributed by atoms with E-state index in [0.29, 0.717) is 11.1 Å². The van der Waals surface area contributed by atoms with Gasteiger partial charge in [0, 0.05) is 39.3 Å². The van der Waals surface area contributed by atoms with E-state index in [4.69, 9.17) is 33.9 Å². The van der Waals surface area contributed by atoms with Gasteiger partial charge in [-0.15, -0.1) is 0 Å². The molecule has 1 unspecified atom stereocenters. The molecule has 216 valence electrons. The van der Waals surface area contributed by atoms with Crippen molar-refractivity contribution in [3.05, 3.63) is 48.5 Å². The van der Waals surface area contributed by atoms with Crippen molar-refractivity contribution < 1.29 is 61.5 Å². The second-order valence-electron chi connectivity index (χ2n) is 8.53. The van der Waals surface area contributed by atoms with Crippen LogP contribution < -0.4 is 4.74 Å². The van der Waals surface area contributed by atoms with E-state index in [1.165, 1.54) is 24.3 Å². The summed E-state index contributed by atoms with van der Waals surface area (Å²) in [7, 11) is -3.38. The van der Waals surface area contributed by atoms with Crippen LogP contribution in [0.1, 0.15) is 33.1 Å². The molecule has 2 aromatic rings. The van der Waals surface area contributed by atoms with Crippen LogP contribution in [0.4, 0.5) is 0 Å². The monoisotopic (exact) mass is 582 g/mol. The van der Waals surface area contributed by atoms with E-state index in [2.05, 4.69) is 0 Å². The van der Waals surface area contributed by atoms with Crippen molar-refractivity contribution in [1.29, 1.82) is 0 Å². The van der Waals surface area contributed by atoms with Gasteiger partial charge in [0.15, 0.2) is 22.0 Å². The molecule has 2 aromatic carbocycles. The maximum atomic E-state index is 12.2. The van der Waals surface area contributed by atoms with E-state index in [-0.39, 0.29) is 10.6 Å². The van der Waals surface area contributed by atoms with Crippen molar-refractivity contribution in [3.63, 3.8) is 0 Å². The highest BCUT2D eigenvalue weighted by molar-refractivity contribution is 7.90. The lowest BCUT2D eigenvalue weighted by molar-refractivity contribution is -0.288. The molecule has 12 nitrogen and oxygen atoms in total. The van der Waals surface area contributed by atoms with Gasteiger partial charge in [0.1, 0.15) is 18.5 Å². The largest absolute Gasteiger partial charge is 0.463 e. The number of carbonyl (C=O) groups is 4. The average Bonchev–Trinajstić information content (AvgIpc) is 3.02. The lowest BCUT2D eigenvalue weighted by atomic mass is 9.98. The standard InChI is InChI=1S/C27H30O12S/c1-15(28)34-14-23-24(35-16(2)29)25(36-17(3)30)26(37-18(4)31)27(39-23)38-21-10-6-19(7-11-21)20-8-12-22(13-9-20)40(5,32)33/h6-13,23-27H,14H2,1-5H3/t23-,24-,25+,26+,27?/m1/s1/i1D,2D,3D,4D. The Kier molecular flexibility index (Phi) is 8.09. The van der Waals surface area contributed by atoms with E-state index in [1.54, 1.807) is 24.3 Å². The molecule has 0 amide bonds. The van der Waals surface area contributed by atoms with Gasteiger partial charge in [-0.3, -0.25) is 19.2 Å². The molecule has 0 aliphatic carbocycles. The Labute approximate surface area is 237 Å². The van der Waals surface area contributed by atoms with Crippen molar-refractivity contribution in [1.82, 2.24) is 0 Å². The molecule has 40 heavy (non-hydrogen) atoms. The number of carbonyl (C=O) groups excluding carboxylic acids is 4. The Hall–Kier alpha value is -3.97. The molecular formula is C27H30O12S. The highest BCUT2D eigenvalue weighted by Gasteiger charge is 2.53. The first-order chi connectivity index (χ1) is 20.9. The van der Waals surface area contributed by atoms with E-state index < -0.39 is 98.6 Å². The Morgan fingerprint density at radius 2 is 1.25 bits per heavy atom. The molecule has 0 N–H and O–H groups in total. The van der Waals surface area contributed by atoms with Crippen LogP contribution in [0.25, 0.3) is 11.1 Å². The molecule has 13 heteroatoms. The van der Waals surface area contributed by atoms with Crippen molar-refractivity contribution in [2.24, 2.45) is 0 Å². The van der Waals surface area contributed by atoms with Gasteiger partial charge in [-0.1, -0.05) is 24.3 Å². The van der Waals surface area contributed by atoms with Crippen molar-refractivity contribution in [2.45, 2.75) is 63.2 Å². The van der Waals surface area contributed by atoms with E-state index in [1.807, 2.05) is 0 Å². The van der Waals surface area contributed by atoms with E-state index in [9.17, 15) is 27.6 Å². The van der Waals surface area contributed by atoms with Crippen molar-refractivity contribution in [3.8, 4) is 16.9 Å². The lowest BCUT2D eigenvalue weighted by Gasteiger charge is -2.43. The van der Waals surface area contributed by atoms with Crippen LogP contribution in [0, 0.1) is 0 Å². The summed E-state index contributed by atoms with van der Waals surface area (Å²) in [6.07, 6.45) is -6.85. The van der Waals surface area contributed by atoms with Crippen molar-refractivity contribution in [2.75, 3.05) is 12.9 Å². The molecule has 3 rings (SSSR count). The van der Waals surface area contributed by atoms with Crippen LogP contribution in [-0.2, 0) is 52.7 Å². The summed E-state index contributed by atoms with van der Waals surface area (Å²) in [4.78, 5) is 48.4. The fourth-order valence-corrected chi connectivity index (χ4v) is 4.52. The summed E-state index contributed by atoms with van der Waals surface area (Å²) in [5.41, 5.74) is 1.38. The molecule has 1 saturated heterocycles. The first-order valence-electron chi connectivity index (χ1n) is 14.4. The van der Waals surface area contributed by atoms with Gasteiger partial charge < -0.3 is 28.4 Å². The van der Waals surface area contributed by atoms with Crippen LogP contribution in [0.2, 0.25) is 0 Å². The van der Waals surface area contributed by atoms with Gasteiger partial charge in [-0.05, 0) is 35.4 Å². The van der Waals surface area contributed by atoms with Crippen LogP contribution in [0.3, 0.4) is 0 Å². The number of ether oxygens (including phenoxy) is 6. The lowest BCUT2D eigenvalue weighted by Crippen LogP contribution is -2.63. The summed E-state index contributed by atoms with van der Waals surface area (Å²) >= 11 is 0. The van der Waals surface area contributed by atoms with Gasteiger partial charge in [-0.25, -0.2) is 8.42 Å². The van der Waals surface area contributed by atoms with E-state index >= 15 is 0 Å². The number of benzene rings is 2. The normalized spacial score (nSPS) is 23.8. The summed E-state index contributed by atoms with van der Waals surface area (Å²) in [5, 5.41) is 0. The molecule has 0 saturated carbocycles. The number of rotatable bonds is 9. The smallest absolute Gasteiger partial charge is 0.303 e. The molecule has 1 aliphatic heterocycles. The highest BCUT2D eigenvalue weighted by atomic mass is 32.2. The second-order valence-corrected chi connectivity index (χ2v) is 10.5. The van der Waals surface area contributed by atoms with Gasteiger partial charge in [0.25, 0.3) is 0 Å². The first-order valence-corrected chi connectivity index (χ1v) is 13.4. The summed E-state index contributed by atoms with van der Waals surface area (Å²) in [6, 6.07) is 12.5. The van der Waals surface area contributed by atoms with Crippen LogP contribution >= 0.6 is 0 Å². The predicted octanol–water partition coefficient (Wildman–Crippen LogP) is 2.22. The molecule has 5 atom stereocenters. The van der Waals surface area contributed by atoms with Crippen molar-refractivity contribution >= 4 is 33.7 Å². The summed E-state index contributed by atoms with van der Waals surface area (Å²) in [6.45, 7) is -3.93. The Morgan fingerprint density at radius 1 is 0.750 bits per heavy atom. The SMILES string of the molecule is [2H]CC(=O)OC[C@H]1OC(Oc2ccc(-c3ccc(S(C)(=O)=O)cc3)cc2)[C@@H](OC(=O)C[2H])[C@@H](OC(=O)C[2H])[C@@H]1OC(=O)C[2H]. The first kappa shape index (κ1) is 25.0. The number of hydrogen-bond acceptors (Lipinski definition) is 12. The quantitative estimate of drug-likeness (QED) is 0.314. The third-order valence-electron chi connectivity index (χ3n) is 5.52. The molecular weight excluding hydrogens is 548 g/mol. The fourth-order valence-electron chi connectivity index (χ4n) is 3.89. The Bertz CT molecular complexity index is 1420. The number of esters is 4. The predicted molar refractivity (Wildman–Crippen MR) is 138 cm³/mol. The zero-order valence-electron chi connectivity index (χ0n) is 25.3. The second kappa shape index (κ2) is 12.9. The molecule has 0 aromatic heterocycles. The average molecular weight is 583 g/mol. The molecule has 1 aliphatic rings. The Morgan fingerprint density at radius 3 is 1.77 bits per heavy atom. The summed E-state index contributed by atoms with van der Waals surface area (Å²) < 4.78 is 85.4. The molecule has 0 radical (unpaired) electrons. The number of sulfone groups is 1. The molecule has 0 bridgehead atoms. The zero-order valence-corrected chi connectivity index (χ0v) is 22.2. The minimum absolute atomic E-state index is 0.146. The fraction of sp³-hybridized carbons (Fsp3) is 0.407. The third-order valence-corrected chi connectivity index (χ3v) is 6.65. The maximum Gasteiger partial charge on any atom is 0.303 e.